The Morgan fingerprint density at radius 2 is 1.08 bits per heavy atom. The van der Waals surface area contributed by atoms with Crippen LogP contribution in [0.25, 0.3) is 44.1 Å². The normalized spacial score (nSPS) is 11.1. The molecule has 0 aliphatic rings. The van der Waals surface area contributed by atoms with Crippen LogP contribution in [0.2, 0.25) is 0 Å². The molecule has 0 unspecified atom stereocenters. The topological polar surface area (TPSA) is 25.8 Å². The smallest absolute Gasteiger partial charge is 0.0702 e. The fourth-order valence-electron chi connectivity index (χ4n) is 3.45. The van der Waals surface area contributed by atoms with Gasteiger partial charge in [0.05, 0.1) is 11.4 Å². The molecule has 0 fully saturated rings. The van der Waals surface area contributed by atoms with Crippen LogP contribution in [0.5, 0.6) is 0 Å². The van der Waals surface area contributed by atoms with Crippen LogP contribution in [0.3, 0.4) is 0 Å². The van der Waals surface area contributed by atoms with Gasteiger partial charge in [-0.3, -0.25) is 9.97 Å². The number of aromatic nitrogens is 2. The lowest BCUT2D eigenvalue weighted by atomic mass is 9.97. The van der Waals surface area contributed by atoms with Crippen LogP contribution in [0, 0.1) is 0 Å². The van der Waals surface area contributed by atoms with E-state index >= 15 is 0 Å². The van der Waals surface area contributed by atoms with Crippen molar-refractivity contribution in [2.24, 2.45) is 0 Å². The monoisotopic (exact) mass is 332 g/mol. The molecule has 26 heavy (non-hydrogen) atoms. The van der Waals surface area contributed by atoms with Gasteiger partial charge in [-0.1, -0.05) is 48.5 Å². The Morgan fingerprint density at radius 1 is 0.462 bits per heavy atom. The molecule has 2 heterocycles. The minimum absolute atomic E-state index is 0.997. The first kappa shape index (κ1) is 14.8. The second-order valence-electron chi connectivity index (χ2n) is 6.37. The van der Waals surface area contributed by atoms with E-state index < -0.39 is 0 Å². The lowest BCUT2D eigenvalue weighted by Gasteiger charge is -2.09. The highest BCUT2D eigenvalue weighted by Crippen LogP contribution is 2.31. The van der Waals surface area contributed by atoms with Crippen LogP contribution >= 0.6 is 0 Å². The van der Waals surface area contributed by atoms with Gasteiger partial charge in [0, 0.05) is 23.5 Å². The summed E-state index contributed by atoms with van der Waals surface area (Å²) in [5.41, 5.74) is 4.27. The first-order valence-corrected chi connectivity index (χ1v) is 8.68. The standard InChI is InChI=1S/C24H16N2/c1-3-13-25-23(5-1)19-11-12-21-18(15-19)9-7-17-8-10-20(16-22(17)21)24-6-2-4-14-26-24/h1-16H. The molecule has 0 spiro atoms. The Bertz CT molecular complexity index is 1210. The summed E-state index contributed by atoms with van der Waals surface area (Å²) in [6, 6.07) is 29.5. The zero-order valence-electron chi connectivity index (χ0n) is 14.1. The van der Waals surface area contributed by atoms with Gasteiger partial charge in [0.1, 0.15) is 0 Å². The van der Waals surface area contributed by atoms with Crippen LogP contribution in [0.1, 0.15) is 0 Å². The highest BCUT2D eigenvalue weighted by atomic mass is 14.7. The van der Waals surface area contributed by atoms with Crippen molar-refractivity contribution in [2.75, 3.05) is 0 Å². The first-order valence-electron chi connectivity index (χ1n) is 8.68. The van der Waals surface area contributed by atoms with Gasteiger partial charge >= 0.3 is 0 Å². The van der Waals surface area contributed by atoms with E-state index in [9.17, 15) is 0 Å². The van der Waals surface area contributed by atoms with Crippen molar-refractivity contribution in [3.63, 3.8) is 0 Å². The van der Waals surface area contributed by atoms with Crippen LogP contribution in [0.15, 0.2) is 97.3 Å². The Morgan fingerprint density at radius 3 is 1.77 bits per heavy atom. The quantitative estimate of drug-likeness (QED) is 0.364. The molecule has 0 amide bonds. The van der Waals surface area contributed by atoms with E-state index in [1.807, 2.05) is 48.8 Å². The van der Waals surface area contributed by atoms with E-state index in [1.54, 1.807) is 0 Å². The summed E-state index contributed by atoms with van der Waals surface area (Å²) < 4.78 is 0. The molecule has 5 aromatic rings. The van der Waals surface area contributed by atoms with Gasteiger partial charge in [-0.05, 0) is 57.9 Å². The zero-order chi connectivity index (χ0) is 17.3. The summed E-state index contributed by atoms with van der Waals surface area (Å²) >= 11 is 0. The molecular formula is C24H16N2. The van der Waals surface area contributed by atoms with Gasteiger partial charge in [0.25, 0.3) is 0 Å². The number of hydrogen-bond donors (Lipinski definition) is 0. The fourth-order valence-corrected chi connectivity index (χ4v) is 3.45. The molecule has 2 heteroatoms. The van der Waals surface area contributed by atoms with Gasteiger partial charge in [-0.25, -0.2) is 0 Å². The maximum Gasteiger partial charge on any atom is 0.0702 e. The summed E-state index contributed by atoms with van der Waals surface area (Å²) in [6.07, 6.45) is 3.67. The summed E-state index contributed by atoms with van der Waals surface area (Å²) in [5.74, 6) is 0. The van der Waals surface area contributed by atoms with Gasteiger partial charge in [-0.15, -0.1) is 0 Å². The molecule has 0 bridgehead atoms. The number of benzene rings is 3. The average Bonchev–Trinajstić information content (AvgIpc) is 2.74. The fraction of sp³-hybridized carbons (Fsp3) is 0. The Balaban J connectivity index is 1.71. The first-order chi connectivity index (χ1) is 12.9. The molecule has 0 aliphatic heterocycles. The molecule has 0 atom stereocenters. The molecule has 0 aliphatic carbocycles. The SMILES string of the molecule is c1ccc(-c2ccc3c(ccc4ccc(-c5ccccn5)cc43)c2)nc1. The molecule has 3 aromatic carbocycles. The molecular weight excluding hydrogens is 316 g/mol. The van der Waals surface area contributed by atoms with Crippen LogP contribution in [-0.4, -0.2) is 9.97 Å². The third-order valence-corrected chi connectivity index (χ3v) is 4.76. The van der Waals surface area contributed by atoms with Crippen molar-refractivity contribution in [1.82, 2.24) is 9.97 Å². The van der Waals surface area contributed by atoms with E-state index in [2.05, 4.69) is 58.5 Å². The Hall–Kier alpha value is -3.52. The van der Waals surface area contributed by atoms with Crippen molar-refractivity contribution in [3.05, 3.63) is 97.3 Å². The second kappa shape index (κ2) is 6.08. The van der Waals surface area contributed by atoms with Crippen molar-refractivity contribution >= 4 is 21.5 Å². The molecule has 122 valence electrons. The molecule has 0 saturated carbocycles. The number of fused-ring (bicyclic) bond motifs is 3. The molecule has 2 aromatic heterocycles. The molecule has 0 saturated heterocycles. The molecule has 5 rings (SSSR count). The molecule has 0 N–H and O–H groups in total. The van der Waals surface area contributed by atoms with E-state index in [-0.39, 0.29) is 0 Å². The molecule has 2 nitrogen and oxygen atoms in total. The maximum atomic E-state index is 4.48. The van der Waals surface area contributed by atoms with Gasteiger partial charge in [-0.2, -0.15) is 0 Å². The van der Waals surface area contributed by atoms with Crippen molar-refractivity contribution in [1.29, 1.82) is 0 Å². The van der Waals surface area contributed by atoms with Crippen molar-refractivity contribution < 1.29 is 0 Å². The van der Waals surface area contributed by atoms with Crippen LogP contribution < -0.4 is 0 Å². The number of hydrogen-bond acceptors (Lipinski definition) is 2. The van der Waals surface area contributed by atoms with E-state index in [4.69, 9.17) is 0 Å². The van der Waals surface area contributed by atoms with E-state index in [1.165, 1.54) is 21.5 Å². The van der Waals surface area contributed by atoms with Crippen molar-refractivity contribution in [2.45, 2.75) is 0 Å². The molecule has 0 radical (unpaired) electrons. The summed E-state index contributed by atoms with van der Waals surface area (Å²) in [4.78, 5) is 8.95. The zero-order valence-corrected chi connectivity index (χ0v) is 14.1. The lowest BCUT2D eigenvalue weighted by molar-refractivity contribution is 1.33. The van der Waals surface area contributed by atoms with Crippen LogP contribution in [-0.2, 0) is 0 Å². The number of nitrogens with zero attached hydrogens (tertiary/aromatic N) is 2. The largest absolute Gasteiger partial charge is 0.256 e. The third kappa shape index (κ3) is 2.52. The predicted octanol–water partition coefficient (Wildman–Crippen LogP) is 6.12. The second-order valence-corrected chi connectivity index (χ2v) is 6.37. The average molecular weight is 332 g/mol. The number of rotatable bonds is 2. The van der Waals surface area contributed by atoms with Gasteiger partial charge < -0.3 is 0 Å². The van der Waals surface area contributed by atoms with Gasteiger partial charge in [0.2, 0.25) is 0 Å². The Kier molecular flexibility index (Phi) is 3.46. The summed E-state index contributed by atoms with van der Waals surface area (Å²) in [7, 11) is 0. The Labute approximate surface area is 151 Å². The predicted molar refractivity (Wildman–Crippen MR) is 108 cm³/mol. The number of pyridine rings is 2. The third-order valence-electron chi connectivity index (χ3n) is 4.76. The highest BCUT2D eigenvalue weighted by Gasteiger charge is 2.06. The minimum atomic E-state index is 0.997. The van der Waals surface area contributed by atoms with E-state index in [0.717, 1.165) is 22.5 Å². The van der Waals surface area contributed by atoms with E-state index in [0.29, 0.717) is 0 Å². The summed E-state index contributed by atoms with van der Waals surface area (Å²) in [6.45, 7) is 0. The highest BCUT2D eigenvalue weighted by molar-refractivity contribution is 6.09. The minimum Gasteiger partial charge on any atom is -0.256 e. The van der Waals surface area contributed by atoms with Crippen LogP contribution in [0.4, 0.5) is 0 Å². The lowest BCUT2D eigenvalue weighted by Crippen LogP contribution is -1.85. The van der Waals surface area contributed by atoms with Gasteiger partial charge in [0.15, 0.2) is 0 Å². The maximum absolute atomic E-state index is 4.48. The van der Waals surface area contributed by atoms with Crippen molar-refractivity contribution in [3.8, 4) is 22.5 Å². The summed E-state index contributed by atoms with van der Waals surface area (Å²) in [5, 5.41) is 4.96.